The Morgan fingerprint density at radius 2 is 1.89 bits per heavy atom. The Morgan fingerprint density at radius 1 is 1.18 bits per heavy atom. The molecule has 146 valence electrons. The van der Waals surface area contributed by atoms with Crippen LogP contribution in [0.5, 0.6) is 0 Å². The zero-order valence-electron chi connectivity index (χ0n) is 15.7. The average molecular weight is 383 g/mol. The second kappa shape index (κ2) is 7.31. The zero-order valence-corrected chi connectivity index (χ0v) is 15.7. The molecule has 0 aliphatic carbocycles. The van der Waals surface area contributed by atoms with Crippen LogP contribution in [-0.2, 0) is 9.53 Å². The number of amides is 2. The number of rotatable bonds is 2. The van der Waals surface area contributed by atoms with Crippen LogP contribution < -0.4 is 4.90 Å². The molecule has 2 aromatic rings. The average Bonchev–Trinajstić information content (AvgIpc) is 2.71. The first-order chi connectivity index (χ1) is 13.5. The van der Waals surface area contributed by atoms with Gasteiger partial charge in [-0.3, -0.25) is 14.6 Å². The zero-order chi connectivity index (χ0) is 19.7. The molecule has 2 saturated heterocycles. The molecule has 1 aromatic heterocycles. The molecule has 0 N–H and O–H groups in total. The minimum Gasteiger partial charge on any atom is -0.363 e. The minimum absolute atomic E-state index is 0.00691. The fourth-order valence-corrected chi connectivity index (χ4v) is 3.85. The van der Waals surface area contributed by atoms with E-state index in [0.717, 1.165) is 5.56 Å². The molecule has 2 fully saturated rings. The number of aromatic nitrogens is 1. The highest BCUT2D eigenvalue weighted by atomic mass is 19.1. The van der Waals surface area contributed by atoms with Crippen LogP contribution >= 0.6 is 0 Å². The first-order valence-corrected chi connectivity index (χ1v) is 9.37. The second-order valence-corrected chi connectivity index (χ2v) is 7.41. The second-order valence-electron chi connectivity index (χ2n) is 7.41. The van der Waals surface area contributed by atoms with Crippen molar-refractivity contribution in [1.29, 1.82) is 0 Å². The van der Waals surface area contributed by atoms with Crippen LogP contribution in [0.2, 0.25) is 0 Å². The number of aryl methyl sites for hydroxylation is 1. The van der Waals surface area contributed by atoms with E-state index in [1.807, 2.05) is 17.9 Å². The van der Waals surface area contributed by atoms with Gasteiger partial charge in [0.25, 0.3) is 11.8 Å². The summed E-state index contributed by atoms with van der Waals surface area (Å²) in [5.41, 5.74) is 1.70. The molecule has 2 amide bonds. The Morgan fingerprint density at radius 3 is 2.57 bits per heavy atom. The summed E-state index contributed by atoms with van der Waals surface area (Å²) in [5.74, 6) is -0.499. The highest BCUT2D eigenvalue weighted by molar-refractivity contribution is 5.96. The van der Waals surface area contributed by atoms with Gasteiger partial charge in [0, 0.05) is 31.2 Å². The SMILES string of the molecule is Cc1ccncc1C(=O)N1CCC2(CC1)CN(c1ccc(F)cc1)C(=O)CO2. The van der Waals surface area contributed by atoms with Gasteiger partial charge in [0.05, 0.1) is 17.7 Å². The molecule has 6 nitrogen and oxygen atoms in total. The Hall–Kier alpha value is -2.80. The molecule has 0 bridgehead atoms. The fourth-order valence-electron chi connectivity index (χ4n) is 3.85. The van der Waals surface area contributed by atoms with Crippen LogP contribution in [-0.4, -0.2) is 53.5 Å². The van der Waals surface area contributed by atoms with Crippen LogP contribution in [0, 0.1) is 12.7 Å². The summed E-state index contributed by atoms with van der Waals surface area (Å²) in [6.45, 7) is 3.41. The summed E-state index contributed by atoms with van der Waals surface area (Å²) in [5, 5.41) is 0. The number of benzene rings is 1. The molecule has 2 aliphatic rings. The van der Waals surface area contributed by atoms with Crippen molar-refractivity contribution in [2.24, 2.45) is 0 Å². The molecule has 28 heavy (non-hydrogen) atoms. The summed E-state index contributed by atoms with van der Waals surface area (Å²) in [6, 6.07) is 7.74. The molecule has 0 radical (unpaired) electrons. The van der Waals surface area contributed by atoms with Gasteiger partial charge in [0.2, 0.25) is 0 Å². The van der Waals surface area contributed by atoms with Crippen molar-refractivity contribution in [3.05, 3.63) is 59.7 Å². The molecule has 3 heterocycles. The number of nitrogens with zero attached hydrogens (tertiary/aromatic N) is 3. The molecule has 0 unspecified atom stereocenters. The van der Waals surface area contributed by atoms with Crippen LogP contribution in [0.1, 0.15) is 28.8 Å². The van der Waals surface area contributed by atoms with Crippen molar-refractivity contribution in [2.75, 3.05) is 31.1 Å². The number of morpholine rings is 1. The maximum absolute atomic E-state index is 13.2. The number of hydrogen-bond acceptors (Lipinski definition) is 4. The molecule has 1 spiro atoms. The summed E-state index contributed by atoms with van der Waals surface area (Å²) in [6.07, 6.45) is 4.56. The first kappa shape index (κ1) is 18.6. The van der Waals surface area contributed by atoms with Crippen molar-refractivity contribution >= 4 is 17.5 Å². The maximum Gasteiger partial charge on any atom is 0.255 e. The summed E-state index contributed by atoms with van der Waals surface area (Å²) in [7, 11) is 0. The van der Waals surface area contributed by atoms with Crippen molar-refractivity contribution in [3.8, 4) is 0 Å². The largest absolute Gasteiger partial charge is 0.363 e. The van der Waals surface area contributed by atoms with E-state index in [2.05, 4.69) is 4.98 Å². The lowest BCUT2D eigenvalue weighted by atomic mass is 9.88. The summed E-state index contributed by atoms with van der Waals surface area (Å²) in [4.78, 5) is 32.7. The number of carbonyl (C=O) groups is 2. The third kappa shape index (κ3) is 3.49. The third-order valence-electron chi connectivity index (χ3n) is 5.62. The number of likely N-dealkylation sites (tertiary alicyclic amines) is 1. The number of hydrogen-bond donors (Lipinski definition) is 0. The number of pyridine rings is 1. The number of halogens is 1. The minimum atomic E-state index is -0.483. The number of ether oxygens (including phenoxy) is 1. The molecule has 4 rings (SSSR count). The van der Waals surface area contributed by atoms with Crippen molar-refractivity contribution in [2.45, 2.75) is 25.4 Å². The van der Waals surface area contributed by atoms with Gasteiger partial charge >= 0.3 is 0 Å². The van der Waals surface area contributed by atoms with E-state index in [-0.39, 0.29) is 24.2 Å². The fraction of sp³-hybridized carbons (Fsp3) is 0.381. The maximum atomic E-state index is 13.2. The predicted molar refractivity (Wildman–Crippen MR) is 102 cm³/mol. The molecule has 2 aliphatic heterocycles. The predicted octanol–water partition coefficient (Wildman–Crippen LogP) is 2.57. The van der Waals surface area contributed by atoms with Crippen molar-refractivity contribution in [1.82, 2.24) is 9.88 Å². The van der Waals surface area contributed by atoms with Crippen LogP contribution in [0.15, 0.2) is 42.7 Å². The summed E-state index contributed by atoms with van der Waals surface area (Å²) >= 11 is 0. The van der Waals surface area contributed by atoms with E-state index in [1.165, 1.54) is 12.1 Å². The van der Waals surface area contributed by atoms with Crippen molar-refractivity contribution in [3.63, 3.8) is 0 Å². The summed E-state index contributed by atoms with van der Waals surface area (Å²) < 4.78 is 19.2. The number of anilines is 1. The Balaban J connectivity index is 1.46. The van der Waals surface area contributed by atoms with E-state index < -0.39 is 5.60 Å². The normalized spacial score (nSPS) is 19.1. The van der Waals surface area contributed by atoms with Crippen molar-refractivity contribution < 1.29 is 18.7 Å². The lowest BCUT2D eigenvalue weighted by molar-refractivity contribution is -0.143. The van der Waals surface area contributed by atoms with E-state index in [9.17, 15) is 14.0 Å². The number of carbonyl (C=O) groups excluding carboxylic acids is 2. The Labute approximate surface area is 162 Å². The van der Waals surface area contributed by atoms with Gasteiger partial charge in [0.15, 0.2) is 0 Å². The van der Waals surface area contributed by atoms with E-state index in [1.54, 1.807) is 29.4 Å². The molecule has 7 heteroatoms. The lowest BCUT2D eigenvalue weighted by Crippen LogP contribution is -2.59. The Kier molecular flexibility index (Phi) is 4.85. The van der Waals surface area contributed by atoms with Gasteiger partial charge in [-0.15, -0.1) is 0 Å². The highest BCUT2D eigenvalue weighted by Crippen LogP contribution is 2.33. The smallest absolute Gasteiger partial charge is 0.255 e. The lowest BCUT2D eigenvalue weighted by Gasteiger charge is -2.47. The van der Waals surface area contributed by atoms with Gasteiger partial charge in [-0.2, -0.15) is 0 Å². The number of piperidine rings is 1. The van der Waals surface area contributed by atoms with Crippen LogP contribution in [0.4, 0.5) is 10.1 Å². The molecule has 1 aromatic carbocycles. The Bertz CT molecular complexity index is 892. The molecular formula is C21H22FN3O3. The topological polar surface area (TPSA) is 62.7 Å². The van der Waals surface area contributed by atoms with E-state index in [4.69, 9.17) is 4.74 Å². The standard InChI is InChI=1S/C21H22FN3O3/c1-15-6-9-23-12-18(15)20(27)24-10-7-21(8-11-24)14-25(19(26)13-28-21)17-4-2-16(22)3-5-17/h2-6,9,12H,7-8,10-11,13-14H2,1H3. The highest BCUT2D eigenvalue weighted by Gasteiger charge is 2.43. The van der Waals surface area contributed by atoms with Gasteiger partial charge < -0.3 is 14.5 Å². The van der Waals surface area contributed by atoms with E-state index >= 15 is 0 Å². The first-order valence-electron chi connectivity index (χ1n) is 9.37. The quantitative estimate of drug-likeness (QED) is 0.800. The van der Waals surface area contributed by atoms with Crippen LogP contribution in [0.25, 0.3) is 0 Å². The molecule has 0 saturated carbocycles. The molecular weight excluding hydrogens is 361 g/mol. The third-order valence-corrected chi connectivity index (χ3v) is 5.62. The molecule has 0 atom stereocenters. The van der Waals surface area contributed by atoms with Crippen LogP contribution in [0.3, 0.4) is 0 Å². The van der Waals surface area contributed by atoms with Gasteiger partial charge in [-0.05, 0) is 55.7 Å². The monoisotopic (exact) mass is 383 g/mol. The van der Waals surface area contributed by atoms with Gasteiger partial charge in [-0.25, -0.2) is 4.39 Å². The van der Waals surface area contributed by atoms with E-state index in [0.29, 0.717) is 43.7 Å². The van der Waals surface area contributed by atoms with Gasteiger partial charge in [-0.1, -0.05) is 0 Å². The van der Waals surface area contributed by atoms with Gasteiger partial charge in [0.1, 0.15) is 12.4 Å².